The monoisotopic (exact) mass is 340 g/mol. The molecule has 0 radical (unpaired) electrons. The van der Waals surface area contributed by atoms with Crippen LogP contribution in [0.5, 0.6) is 0 Å². The van der Waals surface area contributed by atoms with Crippen LogP contribution in [0.1, 0.15) is 50.4 Å². The first kappa shape index (κ1) is 16.9. The molecule has 23 heavy (non-hydrogen) atoms. The van der Waals surface area contributed by atoms with Crippen LogP contribution < -0.4 is 5.32 Å². The first-order chi connectivity index (χ1) is 10.9. The highest BCUT2D eigenvalue weighted by molar-refractivity contribution is 7.89. The van der Waals surface area contributed by atoms with Crippen molar-refractivity contribution < 1.29 is 8.42 Å². The van der Waals surface area contributed by atoms with Gasteiger partial charge in [0.15, 0.2) is 0 Å². The summed E-state index contributed by atoms with van der Waals surface area (Å²) in [5, 5.41) is 10.5. The molecule has 1 aliphatic carbocycles. The zero-order chi connectivity index (χ0) is 16.6. The molecule has 2 fully saturated rings. The lowest BCUT2D eigenvalue weighted by atomic mass is 9.80. The maximum Gasteiger partial charge on any atom is 0.246 e. The van der Waals surface area contributed by atoms with Gasteiger partial charge >= 0.3 is 0 Å². The highest BCUT2D eigenvalue weighted by Gasteiger charge is 2.34. The van der Waals surface area contributed by atoms with Crippen molar-refractivity contribution in [1.29, 1.82) is 0 Å². The van der Waals surface area contributed by atoms with E-state index in [9.17, 15) is 8.42 Å². The van der Waals surface area contributed by atoms with Gasteiger partial charge in [0.05, 0.1) is 11.4 Å². The predicted molar refractivity (Wildman–Crippen MR) is 89.8 cm³/mol. The van der Waals surface area contributed by atoms with Crippen molar-refractivity contribution in [3.63, 3.8) is 0 Å². The summed E-state index contributed by atoms with van der Waals surface area (Å²) < 4.78 is 27.3. The predicted octanol–water partition coefficient (Wildman–Crippen LogP) is 1.96. The van der Waals surface area contributed by atoms with E-state index < -0.39 is 10.0 Å². The molecule has 7 heteroatoms. The Labute approximate surface area is 139 Å². The fraction of sp³-hybridized carbons (Fsp3) is 0.812. The quantitative estimate of drug-likeness (QED) is 0.859. The number of nitrogens with one attached hydrogen (secondary N) is 2. The van der Waals surface area contributed by atoms with Crippen molar-refractivity contribution in [3.05, 3.63) is 11.4 Å². The molecule has 1 saturated heterocycles. The number of rotatable bonds is 5. The molecule has 2 heterocycles. The van der Waals surface area contributed by atoms with Crippen molar-refractivity contribution >= 4 is 10.0 Å². The van der Waals surface area contributed by atoms with Crippen molar-refractivity contribution in [2.24, 2.45) is 5.92 Å². The number of sulfonamides is 1. The molecule has 2 aliphatic rings. The number of hydrogen-bond donors (Lipinski definition) is 2. The second-order valence-corrected chi connectivity index (χ2v) is 8.96. The number of aromatic amines is 1. The van der Waals surface area contributed by atoms with Gasteiger partial charge in [0.1, 0.15) is 4.90 Å². The van der Waals surface area contributed by atoms with E-state index in [1.807, 2.05) is 0 Å². The summed E-state index contributed by atoms with van der Waals surface area (Å²) in [4.78, 5) is 0.353. The molecular weight excluding hydrogens is 312 g/mol. The lowest BCUT2D eigenvalue weighted by molar-refractivity contribution is 0.201. The standard InChI is InChI=1S/C16H28N4O2S/c1-11(14-5-4-6-14)17-15-7-9-20(10-8-15)23(21,22)16-12(2)18-19-13(16)3/h11,14-15,17H,4-10H2,1-3H3,(H,18,19)/t11-/m0/s1. The molecule has 0 bridgehead atoms. The molecule has 1 atom stereocenters. The molecular formula is C16H28N4O2S. The Morgan fingerprint density at radius 1 is 1.22 bits per heavy atom. The highest BCUT2D eigenvalue weighted by Crippen LogP contribution is 2.30. The van der Waals surface area contributed by atoms with Gasteiger partial charge in [0, 0.05) is 25.2 Å². The van der Waals surface area contributed by atoms with Crippen LogP contribution >= 0.6 is 0 Å². The van der Waals surface area contributed by atoms with E-state index in [1.54, 1.807) is 18.2 Å². The van der Waals surface area contributed by atoms with Crippen LogP contribution in [0.3, 0.4) is 0 Å². The third-order valence-corrected chi connectivity index (χ3v) is 7.63. The normalized spacial score (nSPS) is 22.9. The summed E-state index contributed by atoms with van der Waals surface area (Å²) in [6.45, 7) is 6.94. The number of H-pyrrole nitrogens is 1. The number of nitrogens with zero attached hydrogens (tertiary/aromatic N) is 2. The van der Waals surface area contributed by atoms with Crippen LogP contribution in [0, 0.1) is 19.8 Å². The third kappa shape index (κ3) is 3.32. The van der Waals surface area contributed by atoms with Crippen molar-refractivity contribution in [2.45, 2.75) is 69.9 Å². The van der Waals surface area contributed by atoms with E-state index in [0.717, 1.165) is 18.8 Å². The van der Waals surface area contributed by atoms with Crippen LogP contribution in [0.15, 0.2) is 4.90 Å². The van der Waals surface area contributed by atoms with Gasteiger partial charge in [0.2, 0.25) is 10.0 Å². The van der Waals surface area contributed by atoms with Crippen molar-refractivity contribution in [2.75, 3.05) is 13.1 Å². The number of aryl methyl sites for hydroxylation is 2. The SMILES string of the molecule is Cc1n[nH]c(C)c1S(=O)(=O)N1CCC(N[C@@H](C)C2CCC2)CC1. The third-order valence-electron chi connectivity index (χ3n) is 5.47. The van der Waals surface area contributed by atoms with Crippen molar-refractivity contribution in [3.8, 4) is 0 Å². The van der Waals surface area contributed by atoms with Crippen molar-refractivity contribution in [1.82, 2.24) is 19.8 Å². The van der Waals surface area contributed by atoms with E-state index in [1.165, 1.54) is 19.3 Å². The van der Waals surface area contributed by atoms with Gasteiger partial charge in [-0.1, -0.05) is 6.42 Å². The molecule has 1 saturated carbocycles. The van der Waals surface area contributed by atoms with E-state index in [2.05, 4.69) is 22.4 Å². The van der Waals surface area contributed by atoms with Crippen LogP contribution in [0.25, 0.3) is 0 Å². The Kier molecular flexibility index (Phi) is 4.80. The Morgan fingerprint density at radius 2 is 1.87 bits per heavy atom. The zero-order valence-corrected chi connectivity index (χ0v) is 15.1. The molecule has 2 N–H and O–H groups in total. The Morgan fingerprint density at radius 3 is 2.35 bits per heavy atom. The topological polar surface area (TPSA) is 78.1 Å². The molecule has 3 rings (SSSR count). The fourth-order valence-corrected chi connectivity index (χ4v) is 5.56. The summed E-state index contributed by atoms with van der Waals surface area (Å²) >= 11 is 0. The molecule has 0 unspecified atom stereocenters. The summed E-state index contributed by atoms with van der Waals surface area (Å²) in [6, 6.07) is 0.985. The van der Waals surface area contributed by atoms with Crippen LogP contribution in [0.4, 0.5) is 0 Å². The Bertz CT molecular complexity index is 624. The minimum Gasteiger partial charge on any atom is -0.311 e. The van der Waals surface area contributed by atoms with E-state index >= 15 is 0 Å². The fourth-order valence-electron chi connectivity index (χ4n) is 3.76. The summed E-state index contributed by atoms with van der Waals surface area (Å²) in [5.74, 6) is 0.813. The number of aromatic nitrogens is 2. The Balaban J connectivity index is 1.60. The first-order valence-electron chi connectivity index (χ1n) is 8.67. The molecule has 0 amide bonds. The van der Waals surface area contributed by atoms with Crippen LogP contribution in [-0.2, 0) is 10.0 Å². The van der Waals surface area contributed by atoms with Gasteiger partial charge in [-0.25, -0.2) is 8.42 Å². The minimum absolute atomic E-state index is 0.353. The van der Waals surface area contributed by atoms with Gasteiger partial charge in [-0.05, 0) is 52.4 Å². The maximum absolute atomic E-state index is 12.8. The highest BCUT2D eigenvalue weighted by atomic mass is 32.2. The average molecular weight is 340 g/mol. The largest absolute Gasteiger partial charge is 0.311 e. The van der Waals surface area contributed by atoms with E-state index in [4.69, 9.17) is 0 Å². The van der Waals surface area contributed by atoms with Gasteiger partial charge in [-0.15, -0.1) is 0 Å². The first-order valence-corrected chi connectivity index (χ1v) is 10.1. The number of hydrogen-bond acceptors (Lipinski definition) is 4. The maximum atomic E-state index is 12.8. The van der Waals surface area contributed by atoms with E-state index in [-0.39, 0.29) is 0 Å². The lowest BCUT2D eigenvalue weighted by Crippen LogP contribution is -2.49. The van der Waals surface area contributed by atoms with Gasteiger partial charge in [-0.3, -0.25) is 5.10 Å². The summed E-state index contributed by atoms with van der Waals surface area (Å²) in [7, 11) is -3.43. The zero-order valence-electron chi connectivity index (χ0n) is 14.3. The smallest absolute Gasteiger partial charge is 0.246 e. The molecule has 130 valence electrons. The summed E-state index contributed by atoms with van der Waals surface area (Å²) in [5.41, 5.74) is 1.18. The van der Waals surface area contributed by atoms with Crippen LogP contribution in [0.2, 0.25) is 0 Å². The molecule has 6 nitrogen and oxygen atoms in total. The van der Waals surface area contributed by atoms with E-state index in [0.29, 0.717) is 41.5 Å². The second kappa shape index (κ2) is 6.53. The van der Waals surface area contributed by atoms with Gasteiger partial charge < -0.3 is 5.32 Å². The van der Waals surface area contributed by atoms with Gasteiger partial charge in [0.25, 0.3) is 0 Å². The summed E-state index contributed by atoms with van der Waals surface area (Å²) in [6.07, 6.45) is 5.79. The minimum atomic E-state index is -3.43. The molecule has 0 spiro atoms. The average Bonchev–Trinajstić information content (AvgIpc) is 2.77. The Hall–Kier alpha value is -0.920. The van der Waals surface area contributed by atoms with Gasteiger partial charge in [-0.2, -0.15) is 9.40 Å². The lowest BCUT2D eigenvalue weighted by Gasteiger charge is -2.37. The van der Waals surface area contributed by atoms with Crippen LogP contribution in [-0.4, -0.2) is 48.1 Å². The molecule has 1 aromatic rings. The second-order valence-electron chi connectivity index (χ2n) is 7.09. The molecule has 0 aromatic carbocycles. The molecule has 1 aliphatic heterocycles. The molecule has 1 aromatic heterocycles. The number of piperidine rings is 1.